The number of aromatic hydroxyl groups is 1. The van der Waals surface area contributed by atoms with Crippen LogP contribution in [0.1, 0.15) is 15.2 Å². The van der Waals surface area contributed by atoms with E-state index in [1.807, 2.05) is 24.4 Å². The van der Waals surface area contributed by atoms with Crippen molar-refractivity contribution < 1.29 is 9.90 Å². The van der Waals surface area contributed by atoms with Crippen LogP contribution in [-0.2, 0) is 0 Å². The summed E-state index contributed by atoms with van der Waals surface area (Å²) in [6, 6.07) is 7.09. The largest absolute Gasteiger partial charge is 0.507 e. The van der Waals surface area contributed by atoms with Gasteiger partial charge in [0, 0.05) is 4.88 Å². The van der Waals surface area contributed by atoms with Crippen LogP contribution >= 0.6 is 11.3 Å². The van der Waals surface area contributed by atoms with E-state index in [2.05, 4.69) is 0 Å². The first-order chi connectivity index (χ1) is 7.22. The molecule has 0 spiro atoms. The van der Waals surface area contributed by atoms with Crippen molar-refractivity contribution in [1.29, 1.82) is 0 Å². The highest BCUT2D eigenvalue weighted by molar-refractivity contribution is 7.10. The van der Waals surface area contributed by atoms with Gasteiger partial charge in [0.05, 0.1) is 5.56 Å². The van der Waals surface area contributed by atoms with E-state index >= 15 is 0 Å². The zero-order chi connectivity index (χ0) is 10.8. The molecule has 2 aromatic rings. The molecule has 1 aromatic carbocycles. The van der Waals surface area contributed by atoms with E-state index in [1.54, 1.807) is 23.5 Å². The molecule has 0 aliphatic heterocycles. The molecule has 0 bridgehead atoms. The Labute approximate surface area is 91.8 Å². The number of aryl methyl sites for hydroxylation is 1. The van der Waals surface area contributed by atoms with Gasteiger partial charge in [-0.15, -0.1) is 11.3 Å². The number of phenols is 1. The maximum atomic E-state index is 10.7. The molecule has 0 unspecified atom stereocenters. The quantitative estimate of drug-likeness (QED) is 0.786. The highest BCUT2D eigenvalue weighted by Gasteiger charge is 2.06. The van der Waals surface area contributed by atoms with E-state index in [9.17, 15) is 9.90 Å². The molecular formula is C12H10O2S. The number of carbonyl (C=O) groups excluding carboxylic acids is 1. The van der Waals surface area contributed by atoms with Crippen molar-refractivity contribution in [1.82, 2.24) is 0 Å². The van der Waals surface area contributed by atoms with Crippen LogP contribution in [0.25, 0.3) is 11.1 Å². The lowest BCUT2D eigenvalue weighted by Gasteiger charge is -2.02. The number of hydrogen-bond donors (Lipinski definition) is 1. The molecule has 1 aromatic heterocycles. The summed E-state index contributed by atoms with van der Waals surface area (Å²) < 4.78 is 0. The highest BCUT2D eigenvalue weighted by atomic mass is 32.1. The minimum atomic E-state index is 0.0293. The highest BCUT2D eigenvalue weighted by Crippen LogP contribution is 2.30. The fourth-order valence-electron chi connectivity index (χ4n) is 1.50. The fraction of sp³-hybridized carbons (Fsp3) is 0.0833. The molecule has 0 aliphatic rings. The Balaban J connectivity index is 2.55. The minimum Gasteiger partial charge on any atom is -0.507 e. The van der Waals surface area contributed by atoms with Crippen molar-refractivity contribution in [2.75, 3.05) is 0 Å². The predicted octanol–water partition coefficient (Wildman–Crippen LogP) is 3.24. The van der Waals surface area contributed by atoms with Gasteiger partial charge < -0.3 is 5.11 Å². The maximum Gasteiger partial charge on any atom is 0.153 e. The first kappa shape index (κ1) is 9.93. The summed E-state index contributed by atoms with van der Waals surface area (Å²) in [5.41, 5.74) is 2.41. The van der Waals surface area contributed by atoms with Crippen LogP contribution in [0.2, 0.25) is 0 Å². The van der Waals surface area contributed by atoms with Gasteiger partial charge in [0.15, 0.2) is 6.29 Å². The van der Waals surface area contributed by atoms with Crippen LogP contribution in [0, 0.1) is 6.92 Å². The zero-order valence-electron chi connectivity index (χ0n) is 8.23. The summed E-state index contributed by atoms with van der Waals surface area (Å²) in [6.45, 7) is 2.04. The van der Waals surface area contributed by atoms with Gasteiger partial charge in [-0.2, -0.15) is 0 Å². The summed E-state index contributed by atoms with van der Waals surface area (Å²) in [4.78, 5) is 11.9. The number of carbonyl (C=O) groups is 1. The first-order valence-corrected chi connectivity index (χ1v) is 5.43. The first-order valence-electron chi connectivity index (χ1n) is 4.55. The minimum absolute atomic E-state index is 0.0293. The van der Waals surface area contributed by atoms with Crippen LogP contribution in [0.4, 0.5) is 0 Å². The van der Waals surface area contributed by atoms with Crippen molar-refractivity contribution in [2.24, 2.45) is 0 Å². The lowest BCUT2D eigenvalue weighted by Crippen LogP contribution is -1.83. The maximum absolute atomic E-state index is 10.7. The molecule has 0 fully saturated rings. The van der Waals surface area contributed by atoms with E-state index in [0.717, 1.165) is 11.1 Å². The number of rotatable bonds is 2. The van der Waals surface area contributed by atoms with Gasteiger partial charge in [0.1, 0.15) is 5.75 Å². The predicted molar refractivity (Wildman–Crippen MR) is 61.5 cm³/mol. The Morgan fingerprint density at radius 1 is 1.33 bits per heavy atom. The molecule has 3 heteroatoms. The molecule has 76 valence electrons. The normalized spacial score (nSPS) is 10.2. The molecule has 0 aliphatic carbocycles. The third-order valence-electron chi connectivity index (χ3n) is 2.32. The standard InChI is InChI=1S/C12H10O2S/c1-8-11(4-5-15-8)9-2-3-12(14)10(6-9)7-13/h2-7,14H,1H3. The number of aldehydes is 1. The average Bonchev–Trinajstić information content (AvgIpc) is 2.65. The second-order valence-electron chi connectivity index (χ2n) is 3.28. The smallest absolute Gasteiger partial charge is 0.153 e. The van der Waals surface area contributed by atoms with Crippen LogP contribution in [0.5, 0.6) is 5.75 Å². The van der Waals surface area contributed by atoms with Gasteiger partial charge in [-0.25, -0.2) is 0 Å². The summed E-state index contributed by atoms with van der Waals surface area (Å²) in [5.74, 6) is 0.0293. The molecule has 2 nitrogen and oxygen atoms in total. The molecule has 1 N–H and O–H groups in total. The molecule has 0 atom stereocenters. The lowest BCUT2D eigenvalue weighted by molar-refractivity contribution is 0.112. The second kappa shape index (κ2) is 3.87. The van der Waals surface area contributed by atoms with E-state index in [0.29, 0.717) is 11.8 Å². The molecule has 0 radical (unpaired) electrons. The fourth-order valence-corrected chi connectivity index (χ4v) is 2.22. The van der Waals surface area contributed by atoms with Gasteiger partial charge in [-0.05, 0) is 41.6 Å². The molecule has 0 saturated carbocycles. The lowest BCUT2D eigenvalue weighted by atomic mass is 10.0. The van der Waals surface area contributed by atoms with Gasteiger partial charge >= 0.3 is 0 Å². The Hall–Kier alpha value is -1.61. The topological polar surface area (TPSA) is 37.3 Å². The van der Waals surface area contributed by atoms with Crippen molar-refractivity contribution in [2.45, 2.75) is 6.92 Å². The third-order valence-corrected chi connectivity index (χ3v) is 3.17. The van der Waals surface area contributed by atoms with Gasteiger partial charge in [-0.3, -0.25) is 4.79 Å². The van der Waals surface area contributed by atoms with Crippen molar-refractivity contribution in [3.8, 4) is 16.9 Å². The third kappa shape index (κ3) is 1.78. The Morgan fingerprint density at radius 3 is 2.73 bits per heavy atom. The van der Waals surface area contributed by atoms with Crippen molar-refractivity contribution in [3.05, 3.63) is 40.1 Å². The summed E-state index contributed by atoms with van der Waals surface area (Å²) in [6.07, 6.45) is 0.667. The number of thiophene rings is 1. The number of benzene rings is 1. The SMILES string of the molecule is Cc1sccc1-c1ccc(O)c(C=O)c1. The molecule has 2 rings (SSSR count). The van der Waals surface area contributed by atoms with Gasteiger partial charge in [-0.1, -0.05) is 6.07 Å². The summed E-state index contributed by atoms with van der Waals surface area (Å²) in [5, 5.41) is 11.4. The van der Waals surface area contributed by atoms with Gasteiger partial charge in [0.2, 0.25) is 0 Å². The summed E-state index contributed by atoms with van der Waals surface area (Å²) >= 11 is 1.67. The molecule has 1 heterocycles. The van der Waals surface area contributed by atoms with Crippen molar-refractivity contribution >= 4 is 17.6 Å². The van der Waals surface area contributed by atoms with E-state index < -0.39 is 0 Å². The Bertz CT molecular complexity index is 500. The monoisotopic (exact) mass is 218 g/mol. The van der Waals surface area contributed by atoms with E-state index in [4.69, 9.17) is 0 Å². The zero-order valence-corrected chi connectivity index (χ0v) is 9.04. The van der Waals surface area contributed by atoms with Crippen molar-refractivity contribution in [3.63, 3.8) is 0 Å². The Kier molecular flexibility index (Phi) is 2.56. The average molecular weight is 218 g/mol. The van der Waals surface area contributed by atoms with Crippen LogP contribution in [0.3, 0.4) is 0 Å². The number of phenolic OH excluding ortho intramolecular Hbond substituents is 1. The molecule has 0 amide bonds. The Morgan fingerprint density at radius 2 is 2.13 bits per heavy atom. The summed E-state index contributed by atoms with van der Waals surface area (Å²) in [7, 11) is 0. The van der Waals surface area contributed by atoms with Crippen LogP contribution in [-0.4, -0.2) is 11.4 Å². The number of hydrogen-bond acceptors (Lipinski definition) is 3. The molecule has 0 saturated heterocycles. The molecular weight excluding hydrogens is 208 g/mol. The molecule has 15 heavy (non-hydrogen) atoms. The second-order valence-corrected chi connectivity index (χ2v) is 4.40. The van der Waals surface area contributed by atoms with Crippen LogP contribution < -0.4 is 0 Å². The van der Waals surface area contributed by atoms with Crippen LogP contribution in [0.15, 0.2) is 29.6 Å². The van der Waals surface area contributed by atoms with E-state index in [1.165, 1.54) is 4.88 Å². The van der Waals surface area contributed by atoms with E-state index in [-0.39, 0.29) is 5.75 Å². The van der Waals surface area contributed by atoms with Gasteiger partial charge in [0.25, 0.3) is 0 Å².